The van der Waals surface area contributed by atoms with Crippen molar-refractivity contribution in [1.82, 2.24) is 20.4 Å². The highest BCUT2D eigenvalue weighted by Gasteiger charge is 2.48. The Kier molecular flexibility index (Phi) is 4.25. The smallest absolute Gasteiger partial charge is 0.272 e. The van der Waals surface area contributed by atoms with Gasteiger partial charge in [-0.1, -0.05) is 13.8 Å². The molecule has 2 N–H and O–H groups in total. The van der Waals surface area contributed by atoms with Gasteiger partial charge in [-0.05, 0) is 43.4 Å². The molecule has 2 aromatic rings. The summed E-state index contributed by atoms with van der Waals surface area (Å²) < 4.78 is 0. The molecule has 1 aromatic heterocycles. The molecule has 1 aliphatic carbocycles. The third kappa shape index (κ3) is 3.46. The highest BCUT2D eigenvalue weighted by Crippen LogP contribution is 2.47. The molecule has 2 fully saturated rings. The minimum atomic E-state index is -0.275. The van der Waals surface area contributed by atoms with Crippen molar-refractivity contribution in [2.24, 2.45) is 11.3 Å². The van der Waals surface area contributed by atoms with Gasteiger partial charge in [0.05, 0.1) is 11.6 Å². The molecule has 0 spiro atoms. The lowest BCUT2D eigenvalue weighted by atomic mass is 9.94. The monoisotopic (exact) mass is 368 g/mol. The number of carbonyl (C=O) groups is 2. The van der Waals surface area contributed by atoms with Gasteiger partial charge in [0, 0.05) is 35.5 Å². The Labute approximate surface area is 157 Å². The predicted octanol–water partition coefficient (Wildman–Crippen LogP) is 1.69. The number of H-pyrrole nitrogens is 1. The molecule has 1 saturated heterocycles. The van der Waals surface area contributed by atoms with E-state index in [1.165, 1.54) is 6.20 Å². The van der Waals surface area contributed by atoms with E-state index < -0.39 is 0 Å². The molecule has 1 saturated carbocycles. The van der Waals surface area contributed by atoms with Gasteiger partial charge in [0.25, 0.3) is 11.5 Å². The fourth-order valence-corrected chi connectivity index (χ4v) is 3.91. The van der Waals surface area contributed by atoms with E-state index >= 15 is 0 Å². The van der Waals surface area contributed by atoms with Gasteiger partial charge >= 0.3 is 0 Å². The highest BCUT2D eigenvalue weighted by atomic mass is 16.2. The lowest BCUT2D eigenvalue weighted by molar-refractivity contribution is -0.138. The minimum absolute atomic E-state index is 0.0689. The number of aromatic nitrogens is 2. The van der Waals surface area contributed by atoms with Crippen LogP contribution in [0.5, 0.6) is 0 Å². The number of nitrogens with zero attached hydrogens (tertiary/aromatic N) is 2. The third-order valence-corrected chi connectivity index (χ3v) is 5.73. The van der Waals surface area contributed by atoms with E-state index in [1.807, 2.05) is 11.8 Å². The predicted molar refractivity (Wildman–Crippen MR) is 101 cm³/mol. The van der Waals surface area contributed by atoms with E-state index in [0.717, 1.165) is 25.8 Å². The Hall–Kier alpha value is -2.70. The summed E-state index contributed by atoms with van der Waals surface area (Å²) in [5.41, 5.74) is 0.0211. The topological polar surface area (TPSA) is 95.2 Å². The first kappa shape index (κ1) is 17.7. The first-order valence-corrected chi connectivity index (χ1v) is 9.43. The normalized spacial score (nSPS) is 23.9. The number of hydrogen-bond acceptors (Lipinski definition) is 4. The summed E-state index contributed by atoms with van der Waals surface area (Å²) >= 11 is 0. The maximum atomic E-state index is 12.7. The van der Waals surface area contributed by atoms with Gasteiger partial charge in [0.2, 0.25) is 5.91 Å². The summed E-state index contributed by atoms with van der Waals surface area (Å²) in [6, 6.07) is 4.89. The van der Waals surface area contributed by atoms with Crippen LogP contribution < -0.4 is 10.9 Å². The zero-order chi connectivity index (χ0) is 19.2. The second kappa shape index (κ2) is 6.48. The lowest BCUT2D eigenvalue weighted by Crippen LogP contribution is -2.53. The van der Waals surface area contributed by atoms with Crippen LogP contribution in [0.2, 0.25) is 0 Å². The molecular weight excluding hydrogens is 344 g/mol. The molecule has 0 bridgehead atoms. The second-order valence-electron chi connectivity index (χ2n) is 8.28. The number of nitrogens with one attached hydrogen (secondary N) is 2. The molecule has 2 amide bonds. The Morgan fingerprint density at radius 2 is 2.07 bits per heavy atom. The zero-order valence-corrected chi connectivity index (χ0v) is 15.6. The van der Waals surface area contributed by atoms with Crippen molar-refractivity contribution in [2.75, 3.05) is 13.1 Å². The Balaban J connectivity index is 1.48. The van der Waals surface area contributed by atoms with Crippen LogP contribution in [0, 0.1) is 11.3 Å². The molecular formula is C20H24N4O3. The molecule has 7 heteroatoms. The van der Waals surface area contributed by atoms with Gasteiger partial charge in [-0.2, -0.15) is 5.10 Å². The molecule has 2 heterocycles. The fraction of sp³-hybridized carbons (Fsp3) is 0.500. The number of benzene rings is 1. The number of hydrogen-bond donors (Lipinski definition) is 2. The standard InChI is InChI=1S/C20H24N4O3/c1-12-7-15(11-24(10-12)19(27)20(2)5-6-20)22-17(25)13-3-4-16-14(8-13)9-21-23-18(16)26/h3-4,8-9,12,15H,5-7,10-11H2,1-2H3,(H,22,25)(H,23,26)/t12-,15-/m1/s1. The molecule has 27 heavy (non-hydrogen) atoms. The van der Waals surface area contributed by atoms with E-state index in [9.17, 15) is 14.4 Å². The summed E-state index contributed by atoms with van der Waals surface area (Å²) in [5, 5.41) is 10.4. The maximum absolute atomic E-state index is 12.7. The number of amides is 2. The molecule has 1 aliphatic heterocycles. The molecule has 7 nitrogen and oxygen atoms in total. The molecule has 1 aromatic carbocycles. The minimum Gasteiger partial charge on any atom is -0.348 e. The van der Waals surface area contributed by atoms with E-state index in [2.05, 4.69) is 22.4 Å². The lowest BCUT2D eigenvalue weighted by Gasteiger charge is -2.38. The van der Waals surface area contributed by atoms with Gasteiger partial charge < -0.3 is 10.2 Å². The van der Waals surface area contributed by atoms with Crippen molar-refractivity contribution in [3.05, 3.63) is 40.3 Å². The second-order valence-corrected chi connectivity index (χ2v) is 8.28. The summed E-state index contributed by atoms with van der Waals surface area (Å²) in [7, 11) is 0. The highest BCUT2D eigenvalue weighted by molar-refractivity contribution is 5.98. The van der Waals surface area contributed by atoms with Crippen molar-refractivity contribution in [1.29, 1.82) is 0 Å². The van der Waals surface area contributed by atoms with Crippen LogP contribution in [0.1, 0.15) is 43.5 Å². The summed E-state index contributed by atoms with van der Waals surface area (Å²) in [4.78, 5) is 39.0. The van der Waals surface area contributed by atoms with Crippen LogP contribution in [-0.4, -0.2) is 46.0 Å². The van der Waals surface area contributed by atoms with E-state index in [1.54, 1.807) is 18.2 Å². The summed E-state index contributed by atoms with van der Waals surface area (Å²) in [5.74, 6) is 0.361. The van der Waals surface area contributed by atoms with Crippen molar-refractivity contribution >= 4 is 22.6 Å². The van der Waals surface area contributed by atoms with Gasteiger partial charge in [0.15, 0.2) is 0 Å². The van der Waals surface area contributed by atoms with Gasteiger partial charge in [0.1, 0.15) is 0 Å². The van der Waals surface area contributed by atoms with Crippen molar-refractivity contribution in [3.8, 4) is 0 Å². The van der Waals surface area contributed by atoms with E-state index in [-0.39, 0.29) is 28.8 Å². The third-order valence-electron chi connectivity index (χ3n) is 5.73. The molecule has 2 aliphatic rings. The van der Waals surface area contributed by atoms with Crippen LogP contribution in [0.25, 0.3) is 10.8 Å². The van der Waals surface area contributed by atoms with E-state index in [0.29, 0.717) is 28.8 Å². The number of carbonyl (C=O) groups excluding carboxylic acids is 2. The number of fused-ring (bicyclic) bond motifs is 1. The van der Waals surface area contributed by atoms with Crippen molar-refractivity contribution < 1.29 is 9.59 Å². The number of likely N-dealkylation sites (tertiary alicyclic amines) is 1. The van der Waals surface area contributed by atoms with Gasteiger partial charge in [-0.25, -0.2) is 5.10 Å². The van der Waals surface area contributed by atoms with Gasteiger partial charge in [-0.15, -0.1) is 0 Å². The van der Waals surface area contributed by atoms with E-state index in [4.69, 9.17) is 0 Å². The summed E-state index contributed by atoms with van der Waals surface area (Å²) in [6.45, 7) is 5.44. The molecule has 2 atom stereocenters. The van der Waals surface area contributed by atoms with Crippen LogP contribution in [0.15, 0.2) is 29.2 Å². The quantitative estimate of drug-likeness (QED) is 0.862. The molecule has 0 radical (unpaired) electrons. The van der Waals surface area contributed by atoms with Crippen LogP contribution in [0.4, 0.5) is 0 Å². The number of piperidine rings is 1. The van der Waals surface area contributed by atoms with Crippen LogP contribution in [0.3, 0.4) is 0 Å². The Morgan fingerprint density at radius 3 is 2.81 bits per heavy atom. The van der Waals surface area contributed by atoms with Crippen LogP contribution >= 0.6 is 0 Å². The summed E-state index contributed by atoms with van der Waals surface area (Å²) in [6.07, 6.45) is 4.30. The fourth-order valence-electron chi connectivity index (χ4n) is 3.91. The maximum Gasteiger partial charge on any atom is 0.272 e. The van der Waals surface area contributed by atoms with Crippen molar-refractivity contribution in [2.45, 2.75) is 39.2 Å². The molecule has 4 rings (SSSR count). The average molecular weight is 368 g/mol. The zero-order valence-electron chi connectivity index (χ0n) is 15.6. The molecule has 142 valence electrons. The number of aromatic amines is 1. The largest absolute Gasteiger partial charge is 0.348 e. The molecule has 0 unspecified atom stereocenters. The average Bonchev–Trinajstić information content (AvgIpc) is 3.39. The first-order valence-electron chi connectivity index (χ1n) is 9.43. The van der Waals surface area contributed by atoms with Gasteiger partial charge in [-0.3, -0.25) is 14.4 Å². The Bertz CT molecular complexity index is 963. The SMILES string of the molecule is C[C@@H]1C[C@@H](NC(=O)c2ccc3c(=O)[nH]ncc3c2)CN(C(=O)C2(C)CC2)C1. The number of rotatable bonds is 3. The first-order chi connectivity index (χ1) is 12.9. The van der Waals surface area contributed by atoms with Crippen molar-refractivity contribution in [3.63, 3.8) is 0 Å². The Morgan fingerprint density at radius 1 is 1.30 bits per heavy atom. The van der Waals surface area contributed by atoms with Crippen LogP contribution in [-0.2, 0) is 4.79 Å².